The van der Waals surface area contributed by atoms with Crippen LogP contribution in [0.25, 0.3) is 5.65 Å². The van der Waals surface area contributed by atoms with E-state index in [1.165, 1.54) is 36.9 Å². The van der Waals surface area contributed by atoms with Gasteiger partial charge in [0.1, 0.15) is 5.65 Å². The normalized spacial score (nSPS) is 11.2. The van der Waals surface area contributed by atoms with Gasteiger partial charge in [-0.3, -0.25) is 0 Å². The summed E-state index contributed by atoms with van der Waals surface area (Å²) in [5, 5.41) is 0. The third kappa shape index (κ3) is 1.77. The van der Waals surface area contributed by atoms with Crippen LogP contribution in [0.5, 0.6) is 0 Å². The molecule has 0 aliphatic rings. The molecule has 0 radical (unpaired) electrons. The molecule has 0 unspecified atom stereocenters. The van der Waals surface area contributed by atoms with Crippen LogP contribution in [0.1, 0.15) is 31.7 Å². The number of nitrogens with one attached hydrogen (secondary N) is 1. The highest BCUT2D eigenvalue weighted by Crippen LogP contribution is 2.11. The first kappa shape index (κ1) is 8.42. The van der Waals surface area contributed by atoms with Gasteiger partial charge in [-0.2, -0.15) is 0 Å². The molecule has 2 aromatic heterocycles. The second-order valence-corrected chi connectivity index (χ2v) is 3.56. The number of hydrogen-bond donors (Lipinski definition) is 1. The first-order valence-corrected chi connectivity index (χ1v) is 5.04. The number of H-pyrrole nitrogens is 1. The topological polar surface area (TPSA) is 20.2 Å². The van der Waals surface area contributed by atoms with Gasteiger partial charge < -0.3 is 9.38 Å². The van der Waals surface area contributed by atoms with Crippen molar-refractivity contribution in [2.24, 2.45) is 0 Å². The predicted molar refractivity (Wildman–Crippen MR) is 55.0 cm³/mol. The molecule has 0 amide bonds. The Morgan fingerprint density at radius 3 is 3.08 bits per heavy atom. The molecule has 2 heterocycles. The lowest BCUT2D eigenvalue weighted by molar-refractivity contribution is 0.717. The van der Waals surface area contributed by atoms with Crippen molar-refractivity contribution >= 4 is 5.65 Å². The summed E-state index contributed by atoms with van der Waals surface area (Å²) >= 11 is 0. The van der Waals surface area contributed by atoms with Crippen molar-refractivity contribution in [3.05, 3.63) is 30.2 Å². The highest BCUT2D eigenvalue weighted by atomic mass is 15.0. The molecular weight excluding hydrogens is 160 g/mol. The van der Waals surface area contributed by atoms with Crippen molar-refractivity contribution in [2.45, 2.75) is 32.6 Å². The highest BCUT2D eigenvalue weighted by molar-refractivity contribution is 5.43. The van der Waals surface area contributed by atoms with E-state index in [1.807, 2.05) is 6.20 Å². The molecule has 2 rings (SSSR count). The van der Waals surface area contributed by atoms with Gasteiger partial charge in [-0.1, -0.05) is 19.8 Å². The summed E-state index contributed by atoms with van der Waals surface area (Å²) in [4.78, 5) is 3.19. The molecular formula is C11H16N2. The van der Waals surface area contributed by atoms with E-state index in [0.717, 1.165) is 0 Å². The fourth-order valence-corrected chi connectivity index (χ4v) is 1.69. The van der Waals surface area contributed by atoms with Crippen molar-refractivity contribution in [1.82, 2.24) is 9.38 Å². The summed E-state index contributed by atoms with van der Waals surface area (Å²) in [6.07, 6.45) is 11.4. The monoisotopic (exact) mass is 176 g/mol. The lowest BCUT2D eigenvalue weighted by Gasteiger charge is -1.94. The molecule has 2 aromatic rings. The van der Waals surface area contributed by atoms with Gasteiger partial charge in [0.05, 0.1) is 0 Å². The number of imidazole rings is 1. The lowest BCUT2D eigenvalue weighted by Crippen LogP contribution is -1.81. The van der Waals surface area contributed by atoms with Crippen LogP contribution >= 0.6 is 0 Å². The molecule has 0 atom stereocenters. The molecule has 0 saturated heterocycles. The van der Waals surface area contributed by atoms with Crippen molar-refractivity contribution in [3.8, 4) is 0 Å². The number of fused-ring (bicyclic) bond motifs is 1. The van der Waals surface area contributed by atoms with Gasteiger partial charge in [-0.25, -0.2) is 0 Å². The summed E-state index contributed by atoms with van der Waals surface area (Å²) < 4.78 is 2.14. The number of unbranched alkanes of at least 4 members (excludes halogenated alkanes) is 2. The Morgan fingerprint density at radius 1 is 1.38 bits per heavy atom. The minimum Gasteiger partial charge on any atom is -0.346 e. The molecule has 0 aromatic carbocycles. The van der Waals surface area contributed by atoms with Gasteiger partial charge in [-0.15, -0.1) is 0 Å². The molecule has 0 spiro atoms. The first-order valence-electron chi connectivity index (χ1n) is 5.04. The number of nitrogens with zero attached hydrogens (tertiary/aromatic N) is 1. The van der Waals surface area contributed by atoms with Crippen LogP contribution in [0.3, 0.4) is 0 Å². The maximum atomic E-state index is 3.19. The van der Waals surface area contributed by atoms with Crippen LogP contribution in [0, 0.1) is 0 Å². The Labute approximate surface area is 78.6 Å². The highest BCUT2D eigenvalue weighted by Gasteiger charge is 1.98. The average Bonchev–Trinajstić information content (AvgIpc) is 2.64. The van der Waals surface area contributed by atoms with E-state index in [0.29, 0.717) is 0 Å². The Bertz CT molecular complexity index is 341. The Balaban J connectivity index is 2.03. The SMILES string of the molecule is CCCCCc1cc2[nH]ccn2c1. The molecule has 2 heteroatoms. The van der Waals surface area contributed by atoms with E-state index in [-0.39, 0.29) is 0 Å². The van der Waals surface area contributed by atoms with Gasteiger partial charge in [0.15, 0.2) is 0 Å². The third-order valence-corrected chi connectivity index (χ3v) is 2.44. The summed E-state index contributed by atoms with van der Waals surface area (Å²) in [6.45, 7) is 2.24. The number of hydrogen-bond acceptors (Lipinski definition) is 0. The van der Waals surface area contributed by atoms with E-state index in [1.54, 1.807) is 0 Å². The van der Waals surface area contributed by atoms with E-state index in [9.17, 15) is 0 Å². The zero-order chi connectivity index (χ0) is 9.10. The Morgan fingerprint density at radius 2 is 2.31 bits per heavy atom. The van der Waals surface area contributed by atoms with Gasteiger partial charge in [0, 0.05) is 18.6 Å². The molecule has 0 aliphatic carbocycles. The zero-order valence-corrected chi connectivity index (χ0v) is 8.09. The number of aromatic nitrogens is 2. The van der Waals surface area contributed by atoms with Gasteiger partial charge in [0.2, 0.25) is 0 Å². The average molecular weight is 176 g/mol. The van der Waals surface area contributed by atoms with E-state index in [2.05, 4.69) is 34.8 Å². The van der Waals surface area contributed by atoms with Crippen molar-refractivity contribution in [2.75, 3.05) is 0 Å². The van der Waals surface area contributed by atoms with Crippen molar-refractivity contribution < 1.29 is 0 Å². The molecule has 0 bridgehead atoms. The first-order chi connectivity index (χ1) is 6.40. The smallest absolute Gasteiger partial charge is 0.114 e. The predicted octanol–water partition coefficient (Wildman–Crippen LogP) is 3.00. The molecule has 0 saturated carbocycles. The van der Waals surface area contributed by atoms with Crippen LogP contribution in [-0.2, 0) is 6.42 Å². The van der Waals surface area contributed by atoms with Gasteiger partial charge in [-0.05, 0) is 24.5 Å². The molecule has 0 aliphatic heterocycles. The van der Waals surface area contributed by atoms with Crippen LogP contribution < -0.4 is 0 Å². The lowest BCUT2D eigenvalue weighted by atomic mass is 10.1. The zero-order valence-electron chi connectivity index (χ0n) is 8.09. The fourth-order valence-electron chi connectivity index (χ4n) is 1.69. The molecule has 0 fully saturated rings. The Kier molecular flexibility index (Phi) is 2.39. The van der Waals surface area contributed by atoms with Crippen molar-refractivity contribution in [1.29, 1.82) is 0 Å². The molecule has 70 valence electrons. The number of aryl methyl sites for hydroxylation is 1. The number of rotatable bonds is 4. The largest absolute Gasteiger partial charge is 0.346 e. The third-order valence-electron chi connectivity index (χ3n) is 2.44. The van der Waals surface area contributed by atoms with E-state index < -0.39 is 0 Å². The maximum absolute atomic E-state index is 3.19. The minimum absolute atomic E-state index is 1.20. The quantitative estimate of drug-likeness (QED) is 0.691. The summed E-state index contributed by atoms with van der Waals surface area (Å²) in [6, 6.07) is 2.23. The van der Waals surface area contributed by atoms with Crippen molar-refractivity contribution in [3.63, 3.8) is 0 Å². The van der Waals surface area contributed by atoms with Crippen LogP contribution in [-0.4, -0.2) is 9.38 Å². The standard InChI is InChI=1S/C11H16N2/c1-2-3-4-5-10-8-11-12-6-7-13(11)9-10/h6-9,12H,2-5H2,1H3. The second kappa shape index (κ2) is 3.69. The number of aromatic amines is 1. The Hall–Kier alpha value is -1.18. The molecule has 2 nitrogen and oxygen atoms in total. The van der Waals surface area contributed by atoms with Crippen LogP contribution in [0.15, 0.2) is 24.7 Å². The van der Waals surface area contributed by atoms with Crippen LogP contribution in [0.2, 0.25) is 0 Å². The maximum Gasteiger partial charge on any atom is 0.114 e. The summed E-state index contributed by atoms with van der Waals surface area (Å²) in [5.41, 5.74) is 2.65. The summed E-state index contributed by atoms with van der Waals surface area (Å²) in [7, 11) is 0. The van der Waals surface area contributed by atoms with Crippen LogP contribution in [0.4, 0.5) is 0 Å². The van der Waals surface area contributed by atoms with E-state index in [4.69, 9.17) is 0 Å². The molecule has 1 N–H and O–H groups in total. The van der Waals surface area contributed by atoms with E-state index >= 15 is 0 Å². The second-order valence-electron chi connectivity index (χ2n) is 3.56. The fraction of sp³-hybridized carbons (Fsp3) is 0.455. The van der Waals surface area contributed by atoms with Gasteiger partial charge >= 0.3 is 0 Å². The minimum atomic E-state index is 1.20. The molecule has 13 heavy (non-hydrogen) atoms. The van der Waals surface area contributed by atoms with Gasteiger partial charge in [0.25, 0.3) is 0 Å². The summed E-state index contributed by atoms with van der Waals surface area (Å²) in [5.74, 6) is 0.